The van der Waals surface area contributed by atoms with E-state index in [0.717, 1.165) is 11.8 Å². The second-order valence-corrected chi connectivity index (χ2v) is 7.06. The molecule has 0 aromatic carbocycles. The van der Waals surface area contributed by atoms with Crippen molar-refractivity contribution < 1.29 is 0 Å². The molecule has 2 heteroatoms. The normalized spacial score (nSPS) is 24.7. The summed E-state index contributed by atoms with van der Waals surface area (Å²) in [5, 5.41) is 7.25. The molecule has 0 radical (unpaired) electrons. The van der Waals surface area contributed by atoms with Gasteiger partial charge in [0.2, 0.25) is 0 Å². The van der Waals surface area contributed by atoms with Crippen LogP contribution in [0.15, 0.2) is 24.3 Å². The van der Waals surface area contributed by atoms with Crippen LogP contribution in [0.1, 0.15) is 64.2 Å². The van der Waals surface area contributed by atoms with Crippen molar-refractivity contribution in [3.63, 3.8) is 0 Å². The summed E-state index contributed by atoms with van der Waals surface area (Å²) in [6, 6.07) is 0. The lowest BCUT2D eigenvalue weighted by atomic mass is 9.96. The molecule has 2 atom stereocenters. The molecule has 2 aliphatic rings. The maximum atomic E-state index is 3.63. The second-order valence-electron chi connectivity index (χ2n) is 7.06. The number of allylic oxidation sites excluding steroid dienone is 2. The van der Waals surface area contributed by atoms with Crippen LogP contribution >= 0.6 is 0 Å². The van der Waals surface area contributed by atoms with Gasteiger partial charge in [-0.1, -0.05) is 37.1 Å². The van der Waals surface area contributed by atoms with Gasteiger partial charge >= 0.3 is 0 Å². The Balaban J connectivity index is 1.31. The molecular weight excluding hydrogens is 268 g/mol. The van der Waals surface area contributed by atoms with Gasteiger partial charge in [0.15, 0.2) is 0 Å². The third-order valence-electron chi connectivity index (χ3n) is 4.98. The Bertz CT molecular complexity index is 290. The molecule has 2 nitrogen and oxygen atoms in total. The van der Waals surface area contributed by atoms with Crippen LogP contribution in [0.4, 0.5) is 0 Å². The second kappa shape index (κ2) is 11.9. The van der Waals surface area contributed by atoms with Crippen LogP contribution in [-0.2, 0) is 0 Å². The van der Waals surface area contributed by atoms with Crippen molar-refractivity contribution in [2.75, 3.05) is 26.2 Å². The molecule has 0 fully saturated rings. The summed E-state index contributed by atoms with van der Waals surface area (Å²) in [5.74, 6) is 1.60. The molecule has 126 valence electrons. The lowest BCUT2D eigenvalue weighted by Gasteiger charge is -2.17. The molecular formula is C20H36N2. The van der Waals surface area contributed by atoms with Gasteiger partial charge in [0.05, 0.1) is 0 Å². The van der Waals surface area contributed by atoms with E-state index in [1.165, 1.54) is 90.4 Å². The van der Waals surface area contributed by atoms with Crippen LogP contribution < -0.4 is 10.6 Å². The fourth-order valence-corrected chi connectivity index (χ4v) is 3.53. The van der Waals surface area contributed by atoms with Crippen LogP contribution in [0.25, 0.3) is 0 Å². The van der Waals surface area contributed by atoms with E-state index in [0.29, 0.717) is 0 Å². The number of unbranched alkanes of at least 4 members (excludes halogenated alkanes) is 3. The van der Waals surface area contributed by atoms with Gasteiger partial charge in [-0.2, -0.15) is 0 Å². The van der Waals surface area contributed by atoms with Gasteiger partial charge in [0.25, 0.3) is 0 Å². The van der Waals surface area contributed by atoms with E-state index >= 15 is 0 Å². The molecule has 2 aliphatic carbocycles. The van der Waals surface area contributed by atoms with Crippen LogP contribution in [0.3, 0.4) is 0 Å². The lowest BCUT2D eigenvalue weighted by molar-refractivity contribution is 0.472. The maximum absolute atomic E-state index is 3.63. The number of hydrogen-bond donors (Lipinski definition) is 2. The quantitative estimate of drug-likeness (QED) is 0.435. The van der Waals surface area contributed by atoms with Gasteiger partial charge in [-0.05, 0) is 76.3 Å². The van der Waals surface area contributed by atoms with Crippen LogP contribution in [-0.4, -0.2) is 26.2 Å². The fourth-order valence-electron chi connectivity index (χ4n) is 3.53. The Hall–Kier alpha value is -0.600. The van der Waals surface area contributed by atoms with Gasteiger partial charge in [0, 0.05) is 13.1 Å². The van der Waals surface area contributed by atoms with Crippen molar-refractivity contribution in [3.05, 3.63) is 24.3 Å². The van der Waals surface area contributed by atoms with Crippen LogP contribution in [0.5, 0.6) is 0 Å². The Labute approximate surface area is 137 Å². The first-order chi connectivity index (χ1) is 10.9. The van der Waals surface area contributed by atoms with E-state index < -0.39 is 0 Å². The molecule has 0 aromatic rings. The minimum absolute atomic E-state index is 0.798. The van der Waals surface area contributed by atoms with Gasteiger partial charge in [0.1, 0.15) is 0 Å². The zero-order chi connectivity index (χ0) is 15.3. The minimum Gasteiger partial charge on any atom is -0.316 e. The number of rotatable bonds is 11. The summed E-state index contributed by atoms with van der Waals surface area (Å²) in [4.78, 5) is 0. The first kappa shape index (κ1) is 17.7. The van der Waals surface area contributed by atoms with Crippen LogP contribution in [0, 0.1) is 11.8 Å². The van der Waals surface area contributed by atoms with Gasteiger partial charge in [-0.25, -0.2) is 0 Å². The molecule has 0 aliphatic heterocycles. The number of hydrogen-bond acceptors (Lipinski definition) is 2. The Morgan fingerprint density at radius 1 is 0.682 bits per heavy atom. The van der Waals surface area contributed by atoms with E-state index in [9.17, 15) is 0 Å². The molecule has 22 heavy (non-hydrogen) atoms. The molecule has 0 saturated carbocycles. The zero-order valence-electron chi connectivity index (χ0n) is 14.4. The largest absolute Gasteiger partial charge is 0.316 e. The van der Waals surface area contributed by atoms with Crippen molar-refractivity contribution in [1.29, 1.82) is 0 Å². The highest BCUT2D eigenvalue weighted by molar-refractivity contribution is 4.94. The third-order valence-corrected chi connectivity index (χ3v) is 4.98. The summed E-state index contributed by atoms with van der Waals surface area (Å²) in [7, 11) is 0. The third kappa shape index (κ3) is 8.14. The first-order valence-electron chi connectivity index (χ1n) is 9.70. The maximum Gasteiger partial charge on any atom is 0.00142 e. The average molecular weight is 305 g/mol. The summed E-state index contributed by atoms with van der Waals surface area (Å²) in [5.41, 5.74) is 0. The number of nitrogens with one attached hydrogen (secondary N) is 2. The van der Waals surface area contributed by atoms with Crippen molar-refractivity contribution in [3.8, 4) is 0 Å². The predicted octanol–water partition coefficient (Wildman–Crippen LogP) is 4.44. The molecule has 0 spiro atoms. The lowest BCUT2D eigenvalue weighted by Crippen LogP contribution is -2.24. The highest BCUT2D eigenvalue weighted by Gasteiger charge is 2.07. The molecule has 2 N–H and O–H groups in total. The summed E-state index contributed by atoms with van der Waals surface area (Å²) in [6.45, 7) is 4.77. The Morgan fingerprint density at radius 3 is 1.59 bits per heavy atom. The summed E-state index contributed by atoms with van der Waals surface area (Å²) in [6.07, 6.45) is 23.0. The Kier molecular flexibility index (Phi) is 9.60. The van der Waals surface area contributed by atoms with Gasteiger partial charge in [-0.3, -0.25) is 0 Å². The van der Waals surface area contributed by atoms with E-state index in [1.807, 2.05) is 0 Å². The molecule has 0 amide bonds. The van der Waals surface area contributed by atoms with E-state index in [4.69, 9.17) is 0 Å². The zero-order valence-corrected chi connectivity index (χ0v) is 14.4. The average Bonchev–Trinajstić information content (AvgIpc) is 2.58. The summed E-state index contributed by atoms with van der Waals surface area (Å²) < 4.78 is 0. The SMILES string of the molecule is C1=CC(CNCCCCCCNCC2C=CCCC2)CCC1. The topological polar surface area (TPSA) is 24.1 Å². The van der Waals surface area contributed by atoms with E-state index in [2.05, 4.69) is 34.9 Å². The fraction of sp³-hybridized carbons (Fsp3) is 0.800. The first-order valence-corrected chi connectivity index (χ1v) is 9.70. The molecule has 0 aromatic heterocycles. The Morgan fingerprint density at radius 2 is 1.18 bits per heavy atom. The van der Waals surface area contributed by atoms with Gasteiger partial charge < -0.3 is 10.6 Å². The van der Waals surface area contributed by atoms with Gasteiger partial charge in [-0.15, -0.1) is 0 Å². The highest BCUT2D eigenvalue weighted by atomic mass is 14.9. The highest BCUT2D eigenvalue weighted by Crippen LogP contribution is 2.16. The van der Waals surface area contributed by atoms with Crippen LogP contribution in [0.2, 0.25) is 0 Å². The van der Waals surface area contributed by atoms with Crippen molar-refractivity contribution in [2.24, 2.45) is 11.8 Å². The van der Waals surface area contributed by atoms with Crippen molar-refractivity contribution >= 4 is 0 Å². The van der Waals surface area contributed by atoms with Crippen molar-refractivity contribution in [2.45, 2.75) is 64.2 Å². The van der Waals surface area contributed by atoms with E-state index in [1.54, 1.807) is 0 Å². The molecule has 0 heterocycles. The molecule has 2 rings (SSSR count). The smallest absolute Gasteiger partial charge is 0.00142 e. The monoisotopic (exact) mass is 304 g/mol. The van der Waals surface area contributed by atoms with E-state index in [-0.39, 0.29) is 0 Å². The van der Waals surface area contributed by atoms with Crippen molar-refractivity contribution in [1.82, 2.24) is 10.6 Å². The molecule has 0 bridgehead atoms. The standard InChI is InChI=1S/C20H36N2/c1(9-15-21-17-19-11-5-3-6-12-19)2-10-16-22-18-20-13-7-4-8-14-20/h5,7,11,13,19-22H,1-4,6,8-10,12,14-18H2. The molecule has 0 saturated heterocycles. The minimum atomic E-state index is 0.798. The predicted molar refractivity (Wildman–Crippen MR) is 97.2 cm³/mol. The summed E-state index contributed by atoms with van der Waals surface area (Å²) >= 11 is 0. The molecule has 2 unspecified atom stereocenters.